The van der Waals surface area contributed by atoms with Crippen LogP contribution >= 0.6 is 25.6 Å². The first-order valence-corrected chi connectivity index (χ1v) is 2.77. The van der Waals surface area contributed by atoms with Crippen LogP contribution in [0.25, 0.3) is 0 Å². The van der Waals surface area contributed by atoms with Crippen LogP contribution in [0, 0.1) is 11.3 Å². The standard InChI is InChI=1S/C3H3N.CH3NO2S2/c1-2-3-4;3-1(4)2(5)6/h2H,1H2;5-6H,(H,3,4). The molecule has 0 unspecified atom stereocenters. The van der Waals surface area contributed by atoms with Crippen LogP contribution in [-0.4, -0.2) is 14.9 Å². The Labute approximate surface area is 69.8 Å². The van der Waals surface area contributed by atoms with E-state index in [-0.39, 0.29) is 0 Å². The lowest BCUT2D eigenvalue weighted by Gasteiger charge is -1.95. The molecule has 0 aromatic heterocycles. The number of thiol groups is 2. The Bertz CT molecular complexity index is 152. The molecule has 0 radical (unpaired) electrons. The maximum atomic E-state index is 9.47. The summed E-state index contributed by atoms with van der Waals surface area (Å²) >= 11 is 6.58. The van der Waals surface area contributed by atoms with Gasteiger partial charge in [0.1, 0.15) is 0 Å². The smallest absolute Gasteiger partial charge is 0.427 e. The Morgan fingerprint density at radius 3 is 2.00 bits per heavy atom. The van der Waals surface area contributed by atoms with Gasteiger partial charge < -0.3 is 5.11 Å². The fraction of sp³-hybridized carbons (Fsp3) is 0. The van der Waals surface area contributed by atoms with Gasteiger partial charge in [0.05, 0.1) is 6.07 Å². The summed E-state index contributed by atoms with van der Waals surface area (Å²) in [6.45, 7) is 3.12. The predicted octanol–water partition coefficient (Wildman–Crippen LogP) is 1.35. The molecule has 0 aromatic carbocycles. The highest BCUT2D eigenvalue weighted by atomic mass is 32.2. The molecule has 0 spiro atoms. The summed E-state index contributed by atoms with van der Waals surface area (Å²) in [4.78, 5) is 9.47. The van der Waals surface area contributed by atoms with E-state index in [2.05, 4.69) is 32.2 Å². The van der Waals surface area contributed by atoms with E-state index in [1.54, 1.807) is 6.07 Å². The molecular formula is C4H6N2O2S2. The van der Waals surface area contributed by atoms with Gasteiger partial charge >= 0.3 is 6.09 Å². The van der Waals surface area contributed by atoms with Gasteiger partial charge in [0.2, 0.25) is 0 Å². The van der Waals surface area contributed by atoms with Crippen molar-refractivity contribution < 1.29 is 9.90 Å². The molecule has 56 valence electrons. The van der Waals surface area contributed by atoms with Gasteiger partial charge in [-0.15, -0.1) is 0 Å². The topological polar surface area (TPSA) is 64.3 Å². The Hall–Kier alpha value is -0.800. The first-order chi connectivity index (χ1) is 4.56. The lowest BCUT2D eigenvalue weighted by Crippen LogP contribution is -2.05. The highest BCUT2D eigenvalue weighted by Gasteiger charge is 1.95. The summed E-state index contributed by atoms with van der Waals surface area (Å²) in [5, 5.41) is 15.3. The van der Waals surface area contributed by atoms with Crippen LogP contribution in [0.15, 0.2) is 12.7 Å². The van der Waals surface area contributed by atoms with Crippen molar-refractivity contribution >= 4 is 31.7 Å². The molecule has 4 nitrogen and oxygen atoms in total. The molecule has 0 saturated heterocycles. The predicted molar refractivity (Wildman–Crippen MR) is 43.6 cm³/mol. The third-order valence-electron chi connectivity index (χ3n) is 0.262. The first kappa shape index (κ1) is 11.9. The van der Waals surface area contributed by atoms with Crippen molar-refractivity contribution in [3.8, 4) is 6.07 Å². The largest absolute Gasteiger partial charge is 0.464 e. The second-order valence-corrected chi connectivity index (χ2v) is 2.02. The Kier molecular flexibility index (Phi) is 9.79. The van der Waals surface area contributed by atoms with E-state index in [4.69, 9.17) is 10.4 Å². The molecule has 0 aliphatic heterocycles. The first-order valence-electron chi connectivity index (χ1n) is 1.97. The molecule has 0 bridgehead atoms. The normalized spacial score (nSPS) is 6.10. The van der Waals surface area contributed by atoms with Crippen molar-refractivity contribution in [2.24, 2.45) is 0 Å². The third-order valence-corrected chi connectivity index (χ3v) is 0.605. The zero-order chi connectivity index (χ0) is 8.57. The van der Waals surface area contributed by atoms with E-state index in [0.29, 0.717) is 3.71 Å². The van der Waals surface area contributed by atoms with Crippen LogP contribution in [0.3, 0.4) is 0 Å². The van der Waals surface area contributed by atoms with Gasteiger partial charge in [-0.3, -0.25) is 0 Å². The quantitative estimate of drug-likeness (QED) is 0.387. The van der Waals surface area contributed by atoms with Crippen LogP contribution in [0.1, 0.15) is 0 Å². The molecule has 1 amide bonds. The number of nitriles is 1. The Balaban J connectivity index is 0. The molecule has 6 heteroatoms. The van der Waals surface area contributed by atoms with Crippen LogP contribution < -0.4 is 0 Å². The third kappa shape index (κ3) is 15.7. The average molecular weight is 178 g/mol. The number of hydrogen-bond donors (Lipinski definition) is 3. The van der Waals surface area contributed by atoms with Crippen LogP contribution in [0.4, 0.5) is 4.79 Å². The molecular weight excluding hydrogens is 172 g/mol. The van der Waals surface area contributed by atoms with E-state index in [0.717, 1.165) is 0 Å². The number of allylic oxidation sites excluding steroid dienone is 1. The molecule has 10 heavy (non-hydrogen) atoms. The number of carbonyl (C=O) groups is 1. The SMILES string of the molecule is C=CC#N.O=C(O)N(S)S. The molecule has 0 aromatic rings. The van der Waals surface area contributed by atoms with E-state index < -0.39 is 6.09 Å². The maximum Gasteiger partial charge on any atom is 0.427 e. The summed E-state index contributed by atoms with van der Waals surface area (Å²) in [5.74, 6) is 0. The molecule has 1 N–H and O–H groups in total. The highest BCUT2D eigenvalue weighted by molar-refractivity contribution is 7.94. The van der Waals surface area contributed by atoms with Gasteiger partial charge in [0.15, 0.2) is 0 Å². The summed E-state index contributed by atoms with van der Waals surface area (Å²) in [6.07, 6.45) is 0.00154. The second kappa shape index (κ2) is 8.20. The van der Waals surface area contributed by atoms with Crippen LogP contribution in [-0.2, 0) is 0 Å². The fourth-order valence-corrected chi connectivity index (χ4v) is 0. The zero-order valence-electron chi connectivity index (χ0n) is 4.93. The number of nitrogens with zero attached hydrogens (tertiary/aromatic N) is 2. The maximum absolute atomic E-state index is 9.47. The molecule has 0 aliphatic rings. The zero-order valence-corrected chi connectivity index (χ0v) is 6.72. The molecule has 0 fully saturated rings. The number of hydrogen-bond acceptors (Lipinski definition) is 4. The number of carboxylic acid groups (broad SMARTS) is 1. The monoisotopic (exact) mass is 178 g/mol. The molecule has 0 heterocycles. The molecule has 0 saturated carbocycles. The van der Waals surface area contributed by atoms with Crippen LogP contribution in [0.2, 0.25) is 0 Å². The summed E-state index contributed by atoms with van der Waals surface area (Å²) in [7, 11) is 0. The lowest BCUT2D eigenvalue weighted by molar-refractivity contribution is 0.191. The van der Waals surface area contributed by atoms with Crippen molar-refractivity contribution in [1.82, 2.24) is 3.71 Å². The highest BCUT2D eigenvalue weighted by Crippen LogP contribution is 1.94. The van der Waals surface area contributed by atoms with Crippen molar-refractivity contribution in [3.05, 3.63) is 12.7 Å². The number of amides is 1. The fourth-order valence-electron chi connectivity index (χ4n) is 0. The van der Waals surface area contributed by atoms with E-state index in [9.17, 15) is 4.79 Å². The van der Waals surface area contributed by atoms with Crippen molar-refractivity contribution in [1.29, 1.82) is 5.26 Å². The average Bonchev–Trinajstić information content (AvgIpc) is 1.89. The summed E-state index contributed by atoms with van der Waals surface area (Å²) < 4.78 is 0.472. The van der Waals surface area contributed by atoms with Crippen molar-refractivity contribution in [3.63, 3.8) is 0 Å². The van der Waals surface area contributed by atoms with Crippen LogP contribution in [0.5, 0.6) is 0 Å². The minimum Gasteiger partial charge on any atom is -0.464 e. The van der Waals surface area contributed by atoms with Gasteiger partial charge in [-0.05, 0) is 25.6 Å². The molecule has 0 rings (SSSR count). The van der Waals surface area contributed by atoms with Gasteiger partial charge in [0, 0.05) is 6.08 Å². The van der Waals surface area contributed by atoms with Gasteiger partial charge in [-0.2, -0.15) is 8.97 Å². The lowest BCUT2D eigenvalue weighted by atomic mass is 10.8. The van der Waals surface area contributed by atoms with Gasteiger partial charge in [-0.1, -0.05) is 6.58 Å². The van der Waals surface area contributed by atoms with E-state index in [1.807, 2.05) is 0 Å². The second-order valence-electron chi connectivity index (χ2n) is 0.905. The van der Waals surface area contributed by atoms with Gasteiger partial charge in [0.25, 0.3) is 0 Å². The van der Waals surface area contributed by atoms with Crippen molar-refractivity contribution in [2.75, 3.05) is 0 Å². The van der Waals surface area contributed by atoms with E-state index >= 15 is 0 Å². The summed E-state index contributed by atoms with van der Waals surface area (Å²) in [5.41, 5.74) is 0. The molecule has 0 atom stereocenters. The minimum atomic E-state index is -1.18. The van der Waals surface area contributed by atoms with Gasteiger partial charge in [-0.25, -0.2) is 4.79 Å². The minimum absolute atomic E-state index is 0.472. The Morgan fingerprint density at radius 1 is 1.80 bits per heavy atom. The van der Waals surface area contributed by atoms with E-state index in [1.165, 1.54) is 6.08 Å². The Morgan fingerprint density at radius 2 is 2.00 bits per heavy atom. The molecule has 0 aliphatic carbocycles. The van der Waals surface area contributed by atoms with Crippen molar-refractivity contribution in [2.45, 2.75) is 0 Å². The number of rotatable bonds is 0. The summed E-state index contributed by atoms with van der Waals surface area (Å²) in [6, 6.07) is 1.69.